The van der Waals surface area contributed by atoms with Gasteiger partial charge in [-0.1, -0.05) is 12.8 Å². The second-order valence-electron chi connectivity index (χ2n) is 4.39. The van der Waals surface area contributed by atoms with Gasteiger partial charge < -0.3 is 9.84 Å². The smallest absolute Gasteiger partial charge is 0.395 e. The molecule has 1 unspecified atom stereocenters. The highest BCUT2D eigenvalue weighted by molar-refractivity contribution is 4.74. The summed E-state index contributed by atoms with van der Waals surface area (Å²) < 4.78 is 40.1. The first kappa shape index (κ1) is 14.7. The average molecular weight is 255 g/mol. The van der Waals surface area contributed by atoms with Crippen molar-refractivity contribution in [3.8, 4) is 0 Å². The first-order valence-electron chi connectivity index (χ1n) is 6.02. The monoisotopic (exact) mass is 255 g/mol. The van der Waals surface area contributed by atoms with Crippen molar-refractivity contribution in [1.29, 1.82) is 0 Å². The molecule has 1 saturated heterocycles. The molecule has 6 heteroatoms. The quantitative estimate of drug-likeness (QED) is 0.760. The standard InChI is InChI=1S/C11H20F3NO2/c12-11(13,14)9-17-7-6-15-5-3-1-2-4-10(15)8-16/h10,16H,1-9H2. The fourth-order valence-corrected chi connectivity index (χ4v) is 2.11. The van der Waals surface area contributed by atoms with Crippen molar-refractivity contribution in [2.75, 3.05) is 32.9 Å². The molecule has 1 aliphatic heterocycles. The van der Waals surface area contributed by atoms with Gasteiger partial charge in [0.15, 0.2) is 0 Å². The minimum Gasteiger partial charge on any atom is -0.395 e. The Morgan fingerprint density at radius 2 is 2.00 bits per heavy atom. The number of likely N-dealkylation sites (tertiary alicyclic amines) is 1. The molecule has 0 aromatic rings. The Labute approximate surface area is 99.5 Å². The van der Waals surface area contributed by atoms with Crippen LogP contribution in [0.2, 0.25) is 0 Å². The van der Waals surface area contributed by atoms with Crippen LogP contribution in [0.15, 0.2) is 0 Å². The van der Waals surface area contributed by atoms with Crippen LogP contribution >= 0.6 is 0 Å². The van der Waals surface area contributed by atoms with Crippen LogP contribution in [0.4, 0.5) is 13.2 Å². The Morgan fingerprint density at radius 3 is 2.65 bits per heavy atom. The van der Waals surface area contributed by atoms with Crippen molar-refractivity contribution in [3.05, 3.63) is 0 Å². The van der Waals surface area contributed by atoms with Crippen LogP contribution in [0.5, 0.6) is 0 Å². The highest BCUT2D eigenvalue weighted by atomic mass is 19.4. The van der Waals surface area contributed by atoms with Crippen LogP contribution in [0.25, 0.3) is 0 Å². The molecule has 1 heterocycles. The summed E-state index contributed by atoms with van der Waals surface area (Å²) in [6.07, 6.45) is -0.109. The highest BCUT2D eigenvalue weighted by Gasteiger charge is 2.27. The zero-order valence-electron chi connectivity index (χ0n) is 9.88. The maximum absolute atomic E-state index is 11.9. The van der Waals surface area contributed by atoms with Gasteiger partial charge in [-0.05, 0) is 19.4 Å². The van der Waals surface area contributed by atoms with Gasteiger partial charge in [-0.25, -0.2) is 0 Å². The SMILES string of the molecule is OCC1CCCCCN1CCOCC(F)(F)F. The summed E-state index contributed by atoms with van der Waals surface area (Å²) in [5.74, 6) is 0. The molecule has 1 rings (SSSR count). The highest BCUT2D eigenvalue weighted by Crippen LogP contribution is 2.17. The molecule has 17 heavy (non-hydrogen) atoms. The molecule has 0 bridgehead atoms. The van der Waals surface area contributed by atoms with E-state index in [0.717, 1.165) is 32.2 Å². The fourth-order valence-electron chi connectivity index (χ4n) is 2.11. The lowest BCUT2D eigenvalue weighted by atomic mass is 10.1. The molecule has 0 amide bonds. The number of rotatable bonds is 5. The second-order valence-corrected chi connectivity index (χ2v) is 4.39. The number of hydrogen-bond donors (Lipinski definition) is 1. The molecule has 0 spiro atoms. The molecule has 102 valence electrons. The molecule has 0 saturated carbocycles. The van der Waals surface area contributed by atoms with E-state index in [1.54, 1.807) is 0 Å². The topological polar surface area (TPSA) is 32.7 Å². The lowest BCUT2D eigenvalue weighted by molar-refractivity contribution is -0.175. The van der Waals surface area contributed by atoms with Gasteiger partial charge in [-0.3, -0.25) is 4.90 Å². The number of aliphatic hydroxyl groups is 1. The van der Waals surface area contributed by atoms with Gasteiger partial charge in [-0.15, -0.1) is 0 Å². The van der Waals surface area contributed by atoms with Crippen molar-refractivity contribution < 1.29 is 23.0 Å². The normalized spacial score (nSPS) is 23.6. The second kappa shape index (κ2) is 7.18. The largest absolute Gasteiger partial charge is 0.411 e. The van der Waals surface area contributed by atoms with Crippen molar-refractivity contribution in [2.24, 2.45) is 0 Å². The van der Waals surface area contributed by atoms with Gasteiger partial charge in [0.2, 0.25) is 0 Å². The van der Waals surface area contributed by atoms with Gasteiger partial charge in [0.25, 0.3) is 0 Å². The van der Waals surface area contributed by atoms with Crippen LogP contribution in [-0.4, -0.2) is 55.1 Å². The number of alkyl halides is 3. The third-order valence-electron chi connectivity index (χ3n) is 3.00. The van der Waals surface area contributed by atoms with E-state index in [4.69, 9.17) is 0 Å². The zero-order valence-corrected chi connectivity index (χ0v) is 9.88. The predicted molar refractivity (Wildman–Crippen MR) is 57.8 cm³/mol. The number of ether oxygens (including phenoxy) is 1. The molecule has 0 aromatic carbocycles. The summed E-state index contributed by atoms with van der Waals surface area (Å²) in [6.45, 7) is 0.238. The Morgan fingerprint density at radius 1 is 1.24 bits per heavy atom. The number of aliphatic hydroxyl groups excluding tert-OH is 1. The van der Waals surface area contributed by atoms with E-state index in [1.165, 1.54) is 0 Å². The molecule has 0 radical (unpaired) electrons. The van der Waals surface area contributed by atoms with Gasteiger partial charge in [0, 0.05) is 12.6 Å². The van der Waals surface area contributed by atoms with Crippen LogP contribution in [0, 0.1) is 0 Å². The molecule has 1 fully saturated rings. The van der Waals surface area contributed by atoms with Crippen molar-refractivity contribution in [3.63, 3.8) is 0 Å². The molecule has 1 atom stereocenters. The van der Waals surface area contributed by atoms with Gasteiger partial charge in [-0.2, -0.15) is 13.2 Å². The number of nitrogens with zero attached hydrogens (tertiary/aromatic N) is 1. The van der Waals surface area contributed by atoms with Crippen molar-refractivity contribution in [1.82, 2.24) is 4.90 Å². The van der Waals surface area contributed by atoms with Gasteiger partial charge >= 0.3 is 6.18 Å². The Bertz CT molecular complexity index is 211. The maximum Gasteiger partial charge on any atom is 0.411 e. The van der Waals surface area contributed by atoms with Crippen molar-refractivity contribution >= 4 is 0 Å². The van der Waals surface area contributed by atoms with E-state index in [1.807, 2.05) is 4.90 Å². The third kappa shape index (κ3) is 6.24. The van der Waals surface area contributed by atoms with E-state index in [-0.39, 0.29) is 19.3 Å². The summed E-state index contributed by atoms with van der Waals surface area (Å²) in [6, 6.07) is 0.0759. The van der Waals surface area contributed by atoms with E-state index in [0.29, 0.717) is 6.54 Å². The summed E-state index contributed by atoms with van der Waals surface area (Å²) >= 11 is 0. The zero-order chi connectivity index (χ0) is 12.7. The molecular formula is C11H20F3NO2. The summed E-state index contributed by atoms with van der Waals surface area (Å²) in [5, 5.41) is 9.21. The molecule has 0 aromatic heterocycles. The third-order valence-corrected chi connectivity index (χ3v) is 3.00. The summed E-state index contributed by atoms with van der Waals surface area (Å²) in [4.78, 5) is 2.03. The predicted octanol–water partition coefficient (Wildman–Crippen LogP) is 1.80. The minimum absolute atomic E-state index is 0.0655. The fraction of sp³-hybridized carbons (Fsp3) is 1.00. The van der Waals surface area contributed by atoms with Crippen LogP contribution in [0.3, 0.4) is 0 Å². The molecular weight excluding hydrogens is 235 g/mol. The molecule has 3 nitrogen and oxygen atoms in total. The van der Waals surface area contributed by atoms with Crippen LogP contribution in [-0.2, 0) is 4.74 Å². The first-order chi connectivity index (χ1) is 8.03. The van der Waals surface area contributed by atoms with E-state index in [2.05, 4.69) is 4.74 Å². The van der Waals surface area contributed by atoms with Gasteiger partial charge in [0.1, 0.15) is 6.61 Å². The Kier molecular flexibility index (Phi) is 6.22. The van der Waals surface area contributed by atoms with Crippen LogP contribution in [0.1, 0.15) is 25.7 Å². The summed E-state index contributed by atoms with van der Waals surface area (Å²) in [7, 11) is 0. The summed E-state index contributed by atoms with van der Waals surface area (Å²) in [5.41, 5.74) is 0. The van der Waals surface area contributed by atoms with E-state index < -0.39 is 12.8 Å². The first-order valence-corrected chi connectivity index (χ1v) is 6.02. The molecule has 1 N–H and O–H groups in total. The number of hydrogen-bond acceptors (Lipinski definition) is 3. The van der Waals surface area contributed by atoms with E-state index in [9.17, 15) is 18.3 Å². The molecule has 1 aliphatic rings. The average Bonchev–Trinajstić information content (AvgIpc) is 2.47. The van der Waals surface area contributed by atoms with Crippen LogP contribution < -0.4 is 0 Å². The Balaban J connectivity index is 2.23. The van der Waals surface area contributed by atoms with E-state index >= 15 is 0 Å². The van der Waals surface area contributed by atoms with Crippen molar-refractivity contribution in [2.45, 2.75) is 37.9 Å². The number of halogens is 3. The lowest BCUT2D eigenvalue weighted by Gasteiger charge is -2.28. The minimum atomic E-state index is -4.25. The Hall–Kier alpha value is -0.330. The molecule has 0 aliphatic carbocycles. The lowest BCUT2D eigenvalue weighted by Crippen LogP contribution is -2.40. The maximum atomic E-state index is 11.9. The van der Waals surface area contributed by atoms with Gasteiger partial charge in [0.05, 0.1) is 13.2 Å².